The molecule has 0 aromatic rings. The molecule has 0 saturated heterocycles. The first-order valence-corrected chi connectivity index (χ1v) is 9.15. The molecule has 0 aliphatic heterocycles. The smallest absolute Gasteiger partial charge is 0.194 e. The van der Waals surface area contributed by atoms with Crippen molar-refractivity contribution in [2.75, 3.05) is 0 Å². The molecule has 0 rings (SSSR count). The van der Waals surface area contributed by atoms with Crippen LogP contribution in [0.25, 0.3) is 0 Å². The van der Waals surface area contributed by atoms with Crippen molar-refractivity contribution in [2.24, 2.45) is 0 Å². The summed E-state index contributed by atoms with van der Waals surface area (Å²) in [5.41, 5.74) is 0. The molecule has 0 fully saturated rings. The van der Waals surface area contributed by atoms with Gasteiger partial charge in [0.2, 0.25) is 0 Å². The van der Waals surface area contributed by atoms with Crippen LogP contribution >= 0.6 is 8.03 Å². The van der Waals surface area contributed by atoms with Crippen LogP contribution in [-0.2, 0) is 4.57 Å². The van der Waals surface area contributed by atoms with Gasteiger partial charge >= 0.3 is 0 Å². The minimum absolute atomic E-state index is 0.301. The van der Waals surface area contributed by atoms with E-state index in [1.165, 1.54) is 44.9 Å². The first-order chi connectivity index (χ1) is 8.56. The zero-order valence-electron chi connectivity index (χ0n) is 12.6. The summed E-state index contributed by atoms with van der Waals surface area (Å²) in [7, 11) is -2.40. The molecule has 2 atom stereocenters. The summed E-state index contributed by atoms with van der Waals surface area (Å²) in [6, 6.07) is 0. The van der Waals surface area contributed by atoms with Crippen LogP contribution in [0.1, 0.15) is 91.4 Å². The van der Waals surface area contributed by atoms with Crippen molar-refractivity contribution in [2.45, 2.75) is 96.6 Å². The molecule has 0 aromatic carbocycles. The Morgan fingerprint density at radius 2 is 1.22 bits per heavy atom. The third-order valence-electron chi connectivity index (χ3n) is 3.93. The Balaban J connectivity index is 3.90. The molecule has 0 bridgehead atoms. The summed E-state index contributed by atoms with van der Waals surface area (Å²) in [5.74, 6) is 0. The van der Waals surface area contributed by atoms with Crippen molar-refractivity contribution in [3.05, 3.63) is 0 Å². The highest BCUT2D eigenvalue weighted by Gasteiger charge is 2.28. The van der Waals surface area contributed by atoms with Crippen LogP contribution in [0.5, 0.6) is 0 Å². The van der Waals surface area contributed by atoms with E-state index in [0.29, 0.717) is 0 Å². The van der Waals surface area contributed by atoms with Crippen molar-refractivity contribution in [3.63, 3.8) is 0 Å². The lowest BCUT2D eigenvalue weighted by atomic mass is 9.95. The van der Waals surface area contributed by atoms with E-state index in [2.05, 4.69) is 13.8 Å². The third-order valence-corrected chi connectivity index (χ3v) is 5.46. The lowest BCUT2D eigenvalue weighted by Gasteiger charge is -2.26. The van der Waals surface area contributed by atoms with Crippen molar-refractivity contribution >= 4 is 8.03 Å². The lowest BCUT2D eigenvalue weighted by molar-refractivity contribution is 0.401. The van der Waals surface area contributed by atoms with Crippen molar-refractivity contribution < 1.29 is 9.46 Å². The van der Waals surface area contributed by atoms with Crippen molar-refractivity contribution in [1.82, 2.24) is 0 Å². The Hall–Kier alpha value is 0.190. The van der Waals surface area contributed by atoms with Gasteiger partial charge in [0.1, 0.15) is 0 Å². The Morgan fingerprint density at radius 3 is 1.61 bits per heavy atom. The summed E-state index contributed by atoms with van der Waals surface area (Å²) in [4.78, 5) is 9.58. The predicted molar refractivity (Wildman–Crippen MR) is 81.8 cm³/mol. The van der Waals surface area contributed by atoms with Gasteiger partial charge in [0.05, 0.1) is 0 Å². The second kappa shape index (κ2) is 11.1. The van der Waals surface area contributed by atoms with Crippen LogP contribution in [0.4, 0.5) is 0 Å². The van der Waals surface area contributed by atoms with Gasteiger partial charge in [-0.1, -0.05) is 78.6 Å². The fraction of sp³-hybridized carbons (Fsp3) is 1.00. The van der Waals surface area contributed by atoms with E-state index in [4.69, 9.17) is 0 Å². The maximum absolute atomic E-state index is 11.6. The standard InChI is InChI=1S/C15H33O2P/c1-4-6-8-10-12-14-15(3,18(16)17)13-11-9-7-5-2/h18H,4-14H2,1-3H3,(H,16,17). The Kier molecular flexibility index (Phi) is 11.2. The second-order valence-electron chi connectivity index (χ2n) is 5.84. The van der Waals surface area contributed by atoms with Crippen molar-refractivity contribution in [1.29, 1.82) is 0 Å². The minimum Gasteiger partial charge on any atom is -0.346 e. The van der Waals surface area contributed by atoms with Crippen LogP contribution in [0, 0.1) is 0 Å². The topological polar surface area (TPSA) is 37.3 Å². The molecule has 0 aliphatic carbocycles. The maximum Gasteiger partial charge on any atom is 0.194 e. The third kappa shape index (κ3) is 8.32. The summed E-state index contributed by atoms with van der Waals surface area (Å²) >= 11 is 0. The lowest BCUT2D eigenvalue weighted by Crippen LogP contribution is -2.19. The quantitative estimate of drug-likeness (QED) is 0.375. The maximum atomic E-state index is 11.6. The SMILES string of the molecule is CCCCCCCC(C)(CCCCCC)[PH](=O)O. The number of hydrogen-bond acceptors (Lipinski definition) is 1. The van der Waals surface area contributed by atoms with Gasteiger partial charge in [-0.05, 0) is 12.8 Å². The molecule has 18 heavy (non-hydrogen) atoms. The average Bonchev–Trinajstić information content (AvgIpc) is 2.34. The van der Waals surface area contributed by atoms with Crippen LogP contribution in [0.15, 0.2) is 0 Å². The fourth-order valence-electron chi connectivity index (χ4n) is 2.40. The van der Waals surface area contributed by atoms with Gasteiger partial charge in [-0.2, -0.15) is 0 Å². The molecular formula is C15H33O2P. The molecule has 2 unspecified atom stereocenters. The van der Waals surface area contributed by atoms with Gasteiger partial charge in [0.25, 0.3) is 0 Å². The van der Waals surface area contributed by atoms with E-state index in [-0.39, 0.29) is 5.16 Å². The minimum atomic E-state index is -2.40. The molecule has 0 amide bonds. The van der Waals surface area contributed by atoms with Gasteiger partial charge in [-0.25, -0.2) is 0 Å². The van der Waals surface area contributed by atoms with E-state index in [1.807, 2.05) is 6.92 Å². The fourth-order valence-corrected chi connectivity index (χ4v) is 3.18. The summed E-state index contributed by atoms with van der Waals surface area (Å²) in [6.45, 7) is 6.42. The monoisotopic (exact) mass is 276 g/mol. The molecule has 0 aromatic heterocycles. The van der Waals surface area contributed by atoms with E-state index >= 15 is 0 Å². The van der Waals surface area contributed by atoms with Crippen LogP contribution in [0.2, 0.25) is 0 Å². The molecule has 0 spiro atoms. The molecule has 110 valence electrons. The van der Waals surface area contributed by atoms with E-state index < -0.39 is 8.03 Å². The molecule has 0 heterocycles. The molecule has 0 aliphatic rings. The normalized spacial score (nSPS) is 16.4. The van der Waals surface area contributed by atoms with Gasteiger partial charge in [-0.3, -0.25) is 4.57 Å². The number of unbranched alkanes of at least 4 members (excludes halogenated alkanes) is 7. The zero-order chi connectivity index (χ0) is 13.9. The highest BCUT2D eigenvalue weighted by Crippen LogP contribution is 2.43. The first-order valence-electron chi connectivity index (χ1n) is 7.80. The summed E-state index contributed by atoms with van der Waals surface area (Å²) in [6.07, 6.45) is 12.8. The highest BCUT2D eigenvalue weighted by molar-refractivity contribution is 7.40. The molecular weight excluding hydrogens is 243 g/mol. The molecule has 1 N–H and O–H groups in total. The van der Waals surface area contributed by atoms with E-state index in [1.54, 1.807) is 0 Å². The van der Waals surface area contributed by atoms with Gasteiger partial charge < -0.3 is 4.89 Å². The molecule has 0 saturated carbocycles. The van der Waals surface area contributed by atoms with Crippen molar-refractivity contribution in [3.8, 4) is 0 Å². The Bertz CT molecular complexity index is 219. The average molecular weight is 276 g/mol. The molecule has 2 nitrogen and oxygen atoms in total. The van der Waals surface area contributed by atoms with Crippen LogP contribution in [-0.4, -0.2) is 10.0 Å². The summed E-state index contributed by atoms with van der Waals surface area (Å²) in [5, 5.41) is -0.301. The van der Waals surface area contributed by atoms with E-state index in [9.17, 15) is 9.46 Å². The zero-order valence-corrected chi connectivity index (χ0v) is 13.6. The predicted octanol–water partition coefficient (Wildman–Crippen LogP) is 5.54. The first kappa shape index (κ1) is 18.2. The van der Waals surface area contributed by atoms with Gasteiger partial charge in [0.15, 0.2) is 8.03 Å². The van der Waals surface area contributed by atoms with E-state index in [0.717, 1.165) is 25.7 Å². The highest BCUT2D eigenvalue weighted by atomic mass is 31.1. The molecule has 3 heteroatoms. The van der Waals surface area contributed by atoms with Crippen LogP contribution in [0.3, 0.4) is 0 Å². The largest absolute Gasteiger partial charge is 0.346 e. The molecule has 0 radical (unpaired) electrons. The van der Waals surface area contributed by atoms with Gasteiger partial charge in [-0.15, -0.1) is 0 Å². The number of rotatable bonds is 12. The van der Waals surface area contributed by atoms with Gasteiger partial charge in [0, 0.05) is 5.16 Å². The summed E-state index contributed by atoms with van der Waals surface area (Å²) < 4.78 is 11.6. The van der Waals surface area contributed by atoms with Crippen LogP contribution < -0.4 is 0 Å². The Labute approximate surface area is 114 Å². The Morgan fingerprint density at radius 1 is 0.833 bits per heavy atom. The second-order valence-corrected chi connectivity index (χ2v) is 7.66. The number of hydrogen-bond donors (Lipinski definition) is 1.